The molecule has 0 aliphatic carbocycles. The number of hydrogen-bond donors (Lipinski definition) is 1. The first kappa shape index (κ1) is 19.2. The smallest absolute Gasteiger partial charge is 0.339 e. The van der Waals surface area contributed by atoms with Gasteiger partial charge in [0.25, 0.3) is 0 Å². The Bertz CT molecular complexity index is 667. The maximum atomic E-state index is 12.0. The molecule has 1 N–H and O–H groups in total. The van der Waals surface area contributed by atoms with Gasteiger partial charge >= 0.3 is 11.9 Å². The molecule has 0 bridgehead atoms. The summed E-state index contributed by atoms with van der Waals surface area (Å²) in [5.74, 6) is 0.114. The summed E-state index contributed by atoms with van der Waals surface area (Å²) in [7, 11) is 2.62. The molecule has 2 rings (SSSR count). The minimum absolute atomic E-state index is 0.315. The van der Waals surface area contributed by atoms with Gasteiger partial charge in [-0.15, -0.1) is 0 Å². The van der Waals surface area contributed by atoms with Gasteiger partial charge in [-0.05, 0) is 48.7 Å². The van der Waals surface area contributed by atoms with Crippen LogP contribution in [0.5, 0.6) is 0 Å². The van der Waals surface area contributed by atoms with E-state index in [1.165, 1.54) is 32.8 Å². The van der Waals surface area contributed by atoms with Crippen LogP contribution in [0.1, 0.15) is 41.0 Å². The highest BCUT2D eigenvalue weighted by molar-refractivity contribution is 7.80. The largest absolute Gasteiger partial charge is 0.465 e. The number of nitrogens with zero attached hydrogens (tertiary/aromatic N) is 1. The van der Waals surface area contributed by atoms with Crippen LogP contribution in [-0.2, 0) is 9.47 Å². The average Bonchev–Trinajstić information content (AvgIpc) is 2.59. The van der Waals surface area contributed by atoms with Crippen molar-refractivity contribution in [3.63, 3.8) is 0 Å². The Labute approximate surface area is 153 Å². The minimum atomic E-state index is -0.498. The van der Waals surface area contributed by atoms with Gasteiger partial charge in [0.2, 0.25) is 0 Å². The third-order valence-corrected chi connectivity index (χ3v) is 4.60. The zero-order valence-corrected chi connectivity index (χ0v) is 15.8. The van der Waals surface area contributed by atoms with Crippen molar-refractivity contribution >= 4 is 35.0 Å². The molecule has 0 amide bonds. The Morgan fingerprint density at radius 1 is 1.12 bits per heavy atom. The molecule has 25 heavy (non-hydrogen) atoms. The molecule has 7 heteroatoms. The number of likely N-dealkylation sites (tertiary alicyclic amines) is 1. The molecular formula is C18H24N2O4S. The Hall–Kier alpha value is -2.15. The Kier molecular flexibility index (Phi) is 6.36. The van der Waals surface area contributed by atoms with Gasteiger partial charge in [0, 0.05) is 13.1 Å². The SMILES string of the molecule is COC(=O)c1ccc(C(=O)OC)c(NC(=S)N2C[C@@H](C)C[C@H](C)C2)c1. The number of anilines is 1. The topological polar surface area (TPSA) is 67.9 Å². The van der Waals surface area contributed by atoms with Crippen molar-refractivity contribution in [2.75, 3.05) is 32.6 Å². The predicted molar refractivity (Wildman–Crippen MR) is 99.9 cm³/mol. The van der Waals surface area contributed by atoms with Gasteiger partial charge in [0.1, 0.15) is 0 Å². The maximum Gasteiger partial charge on any atom is 0.339 e. The Balaban J connectivity index is 2.27. The van der Waals surface area contributed by atoms with Crippen molar-refractivity contribution in [2.24, 2.45) is 11.8 Å². The van der Waals surface area contributed by atoms with Crippen LogP contribution in [0.2, 0.25) is 0 Å². The minimum Gasteiger partial charge on any atom is -0.465 e. The predicted octanol–water partition coefficient (Wildman–Crippen LogP) is 2.93. The molecule has 1 fully saturated rings. The van der Waals surface area contributed by atoms with Gasteiger partial charge < -0.3 is 19.7 Å². The fourth-order valence-corrected chi connectivity index (χ4v) is 3.46. The fourth-order valence-electron chi connectivity index (χ4n) is 3.20. The highest BCUT2D eigenvalue weighted by atomic mass is 32.1. The van der Waals surface area contributed by atoms with Crippen LogP contribution in [0.25, 0.3) is 0 Å². The highest BCUT2D eigenvalue weighted by Gasteiger charge is 2.24. The molecule has 0 spiro atoms. The quantitative estimate of drug-likeness (QED) is 0.653. The summed E-state index contributed by atoms with van der Waals surface area (Å²) >= 11 is 5.53. The summed E-state index contributed by atoms with van der Waals surface area (Å²) in [5.41, 5.74) is 1.09. The molecule has 1 aliphatic rings. The van der Waals surface area contributed by atoms with E-state index in [1.54, 1.807) is 6.07 Å². The van der Waals surface area contributed by atoms with Crippen LogP contribution < -0.4 is 5.32 Å². The second-order valence-corrected chi connectivity index (χ2v) is 6.91. The van der Waals surface area contributed by atoms with Crippen LogP contribution in [-0.4, -0.2) is 49.3 Å². The van der Waals surface area contributed by atoms with E-state index < -0.39 is 11.9 Å². The van der Waals surface area contributed by atoms with E-state index in [-0.39, 0.29) is 0 Å². The van der Waals surface area contributed by atoms with E-state index in [2.05, 4.69) is 24.1 Å². The molecule has 1 aromatic carbocycles. The normalized spacial score (nSPS) is 19.9. The summed E-state index contributed by atoms with van der Waals surface area (Å²) in [4.78, 5) is 25.9. The van der Waals surface area contributed by atoms with E-state index in [0.717, 1.165) is 13.1 Å². The standard InChI is InChI=1S/C18H24N2O4S/c1-11-7-12(2)10-20(9-11)18(25)19-15-8-13(16(21)23-3)5-6-14(15)17(22)24-4/h5-6,8,11-12H,7,9-10H2,1-4H3,(H,19,25)/t11-,12-/m0/s1. The summed E-state index contributed by atoms with van der Waals surface area (Å²) in [6.07, 6.45) is 1.17. The van der Waals surface area contributed by atoms with Crippen molar-refractivity contribution in [3.8, 4) is 0 Å². The molecule has 6 nitrogen and oxygen atoms in total. The number of rotatable bonds is 3. The lowest BCUT2D eigenvalue weighted by Crippen LogP contribution is -2.44. The van der Waals surface area contributed by atoms with Gasteiger partial charge in [-0.2, -0.15) is 0 Å². The number of carbonyl (C=O) groups is 2. The lowest BCUT2D eigenvalue weighted by atomic mass is 9.92. The van der Waals surface area contributed by atoms with Gasteiger partial charge in [0.15, 0.2) is 5.11 Å². The van der Waals surface area contributed by atoms with Crippen LogP contribution >= 0.6 is 12.2 Å². The monoisotopic (exact) mass is 364 g/mol. The Morgan fingerprint density at radius 3 is 2.28 bits per heavy atom. The first-order chi connectivity index (χ1) is 11.8. The van der Waals surface area contributed by atoms with Crippen LogP contribution in [0.4, 0.5) is 5.69 Å². The van der Waals surface area contributed by atoms with E-state index in [1.807, 2.05) is 0 Å². The third-order valence-electron chi connectivity index (χ3n) is 4.24. The highest BCUT2D eigenvalue weighted by Crippen LogP contribution is 2.24. The van der Waals surface area contributed by atoms with Gasteiger partial charge in [-0.25, -0.2) is 9.59 Å². The molecule has 0 radical (unpaired) electrons. The van der Waals surface area contributed by atoms with Crippen molar-refractivity contribution < 1.29 is 19.1 Å². The molecule has 1 aliphatic heterocycles. The first-order valence-electron chi connectivity index (χ1n) is 8.22. The number of carbonyl (C=O) groups excluding carboxylic acids is 2. The summed E-state index contributed by atoms with van der Waals surface area (Å²) in [5, 5.41) is 3.64. The lowest BCUT2D eigenvalue weighted by molar-refractivity contribution is 0.0587. The zero-order chi connectivity index (χ0) is 18.6. The third kappa shape index (κ3) is 4.69. The first-order valence-corrected chi connectivity index (χ1v) is 8.63. The zero-order valence-electron chi connectivity index (χ0n) is 15.0. The van der Waals surface area contributed by atoms with Crippen molar-refractivity contribution in [3.05, 3.63) is 29.3 Å². The van der Waals surface area contributed by atoms with Gasteiger partial charge in [-0.1, -0.05) is 13.8 Å². The Morgan fingerprint density at radius 2 is 1.72 bits per heavy atom. The number of nitrogens with one attached hydrogen (secondary N) is 1. The summed E-state index contributed by atoms with van der Waals surface area (Å²) < 4.78 is 9.55. The summed E-state index contributed by atoms with van der Waals surface area (Å²) in [6, 6.07) is 4.61. The maximum absolute atomic E-state index is 12.0. The van der Waals surface area contributed by atoms with Crippen molar-refractivity contribution in [2.45, 2.75) is 20.3 Å². The number of piperidine rings is 1. The number of esters is 2. The van der Waals surface area contributed by atoms with E-state index in [9.17, 15) is 9.59 Å². The summed E-state index contributed by atoms with van der Waals surface area (Å²) in [6.45, 7) is 6.12. The van der Waals surface area contributed by atoms with E-state index in [0.29, 0.717) is 33.8 Å². The molecule has 1 heterocycles. The van der Waals surface area contributed by atoms with Crippen LogP contribution in [0.3, 0.4) is 0 Å². The lowest BCUT2D eigenvalue weighted by Gasteiger charge is -2.36. The molecule has 0 unspecified atom stereocenters. The molecular weight excluding hydrogens is 340 g/mol. The molecule has 0 saturated carbocycles. The number of thiocarbonyl (C=S) groups is 1. The van der Waals surface area contributed by atoms with E-state index >= 15 is 0 Å². The number of hydrogen-bond acceptors (Lipinski definition) is 5. The number of ether oxygens (including phenoxy) is 2. The van der Waals surface area contributed by atoms with Gasteiger partial charge in [0.05, 0.1) is 31.0 Å². The molecule has 0 aromatic heterocycles. The van der Waals surface area contributed by atoms with E-state index in [4.69, 9.17) is 21.7 Å². The van der Waals surface area contributed by atoms with Crippen molar-refractivity contribution in [1.82, 2.24) is 4.90 Å². The second kappa shape index (κ2) is 8.29. The molecule has 2 atom stereocenters. The van der Waals surface area contributed by atoms with Crippen molar-refractivity contribution in [1.29, 1.82) is 0 Å². The molecule has 1 aromatic rings. The second-order valence-electron chi connectivity index (χ2n) is 6.52. The number of benzene rings is 1. The van der Waals surface area contributed by atoms with Crippen LogP contribution in [0.15, 0.2) is 18.2 Å². The molecule has 136 valence electrons. The fraction of sp³-hybridized carbons (Fsp3) is 0.500. The van der Waals surface area contributed by atoms with Crippen LogP contribution in [0, 0.1) is 11.8 Å². The molecule has 1 saturated heterocycles. The number of methoxy groups -OCH3 is 2. The van der Waals surface area contributed by atoms with Gasteiger partial charge in [-0.3, -0.25) is 0 Å². The average molecular weight is 364 g/mol.